The number of amides is 1. The van der Waals surface area contributed by atoms with E-state index < -0.39 is 21.7 Å². The average Bonchev–Trinajstić information content (AvgIpc) is 2.57. The molecule has 134 valence electrons. The molecule has 0 heterocycles. The second-order valence-corrected chi connectivity index (χ2v) is 7.50. The van der Waals surface area contributed by atoms with Gasteiger partial charge in [0.05, 0.1) is 11.5 Å². The van der Waals surface area contributed by atoms with Gasteiger partial charge in [-0.05, 0) is 37.3 Å². The maximum absolute atomic E-state index is 13.8. The van der Waals surface area contributed by atoms with E-state index in [4.69, 9.17) is 4.74 Å². The first kappa shape index (κ1) is 18.9. The number of benzene rings is 2. The molecule has 6 nitrogen and oxygen atoms in total. The van der Waals surface area contributed by atoms with Crippen molar-refractivity contribution in [2.45, 2.75) is 11.8 Å². The molecule has 0 aliphatic carbocycles. The Hall–Kier alpha value is -2.45. The number of carbonyl (C=O) groups excluding carboxylic acids is 1. The second-order valence-electron chi connectivity index (χ2n) is 5.35. The molecule has 2 aromatic rings. The number of hydrogen-bond donors (Lipinski definition) is 1. The van der Waals surface area contributed by atoms with Crippen LogP contribution in [0.2, 0.25) is 0 Å². The summed E-state index contributed by atoms with van der Waals surface area (Å²) in [5.41, 5.74) is 0.393. The summed E-state index contributed by atoms with van der Waals surface area (Å²) in [5, 5.41) is 2.53. The van der Waals surface area contributed by atoms with Crippen LogP contribution in [-0.2, 0) is 10.0 Å². The number of rotatable bonds is 6. The summed E-state index contributed by atoms with van der Waals surface area (Å²) < 4.78 is 44.3. The zero-order chi connectivity index (χ0) is 18.6. The van der Waals surface area contributed by atoms with Gasteiger partial charge in [0, 0.05) is 31.4 Å². The van der Waals surface area contributed by atoms with Gasteiger partial charge in [0.2, 0.25) is 10.0 Å². The third-order valence-corrected chi connectivity index (χ3v) is 5.18. The van der Waals surface area contributed by atoms with Crippen LogP contribution in [-0.4, -0.2) is 39.3 Å². The predicted molar refractivity (Wildman–Crippen MR) is 92.8 cm³/mol. The lowest BCUT2D eigenvalue weighted by Crippen LogP contribution is -2.22. The maximum atomic E-state index is 13.8. The van der Waals surface area contributed by atoms with Crippen LogP contribution in [0.25, 0.3) is 0 Å². The van der Waals surface area contributed by atoms with Gasteiger partial charge in [0.1, 0.15) is 0 Å². The van der Waals surface area contributed by atoms with E-state index in [0.29, 0.717) is 6.61 Å². The molecule has 0 saturated carbocycles. The molecular weight excluding hydrogens is 347 g/mol. The average molecular weight is 366 g/mol. The standard InChI is InChI=1S/C17H19FN2O4S/c1-4-24-16-9-8-13(11-15(16)18)19-17(21)12-6-5-7-14(10-12)25(22,23)20(2)3/h5-11H,4H2,1-3H3,(H,19,21). The minimum atomic E-state index is -3.65. The summed E-state index contributed by atoms with van der Waals surface area (Å²) in [6, 6.07) is 9.70. The van der Waals surface area contributed by atoms with Gasteiger partial charge < -0.3 is 10.1 Å². The van der Waals surface area contributed by atoms with E-state index in [-0.39, 0.29) is 21.9 Å². The smallest absolute Gasteiger partial charge is 0.255 e. The highest BCUT2D eigenvalue weighted by atomic mass is 32.2. The van der Waals surface area contributed by atoms with Crippen LogP contribution >= 0.6 is 0 Å². The van der Waals surface area contributed by atoms with Gasteiger partial charge >= 0.3 is 0 Å². The fraction of sp³-hybridized carbons (Fsp3) is 0.235. The van der Waals surface area contributed by atoms with Gasteiger partial charge in [-0.1, -0.05) is 6.07 Å². The highest BCUT2D eigenvalue weighted by Crippen LogP contribution is 2.22. The first-order valence-electron chi connectivity index (χ1n) is 7.52. The topological polar surface area (TPSA) is 75.7 Å². The Morgan fingerprint density at radius 3 is 2.52 bits per heavy atom. The molecule has 0 aromatic heterocycles. The van der Waals surface area contributed by atoms with Crippen molar-refractivity contribution in [2.24, 2.45) is 0 Å². The molecule has 8 heteroatoms. The molecule has 0 atom stereocenters. The van der Waals surface area contributed by atoms with Gasteiger partial charge in [0.25, 0.3) is 5.91 Å². The van der Waals surface area contributed by atoms with Crippen LogP contribution < -0.4 is 10.1 Å². The molecular formula is C17H19FN2O4S. The van der Waals surface area contributed by atoms with Crippen LogP contribution in [0.15, 0.2) is 47.4 Å². The minimum absolute atomic E-state index is 0.00280. The van der Waals surface area contributed by atoms with Crippen molar-refractivity contribution in [1.29, 1.82) is 0 Å². The normalized spacial score (nSPS) is 11.4. The lowest BCUT2D eigenvalue weighted by Gasteiger charge is -2.12. The zero-order valence-corrected chi connectivity index (χ0v) is 14.9. The number of nitrogens with one attached hydrogen (secondary N) is 1. The Kier molecular flexibility index (Phi) is 5.76. The largest absolute Gasteiger partial charge is 0.491 e. The summed E-state index contributed by atoms with van der Waals surface area (Å²) in [4.78, 5) is 12.3. The lowest BCUT2D eigenvalue weighted by molar-refractivity contribution is 0.102. The number of hydrogen-bond acceptors (Lipinski definition) is 4. The van der Waals surface area contributed by atoms with Crippen molar-refractivity contribution in [1.82, 2.24) is 4.31 Å². The molecule has 2 rings (SSSR count). The highest BCUT2D eigenvalue weighted by molar-refractivity contribution is 7.89. The molecule has 25 heavy (non-hydrogen) atoms. The first-order valence-corrected chi connectivity index (χ1v) is 8.96. The number of ether oxygens (including phenoxy) is 1. The number of anilines is 1. The number of carbonyl (C=O) groups is 1. The van der Waals surface area contributed by atoms with Gasteiger partial charge in [-0.2, -0.15) is 0 Å². The molecule has 0 spiro atoms. The Balaban J connectivity index is 2.23. The van der Waals surface area contributed by atoms with E-state index in [2.05, 4.69) is 5.32 Å². The summed E-state index contributed by atoms with van der Waals surface area (Å²) in [7, 11) is -0.833. The molecule has 0 aliphatic heterocycles. The van der Waals surface area contributed by atoms with Crippen LogP contribution in [0.1, 0.15) is 17.3 Å². The molecule has 1 N–H and O–H groups in total. The molecule has 0 radical (unpaired) electrons. The van der Waals surface area contributed by atoms with E-state index in [1.165, 1.54) is 50.5 Å². The third-order valence-electron chi connectivity index (χ3n) is 3.36. The Morgan fingerprint density at radius 2 is 1.92 bits per heavy atom. The number of nitrogens with zero attached hydrogens (tertiary/aromatic N) is 1. The lowest BCUT2D eigenvalue weighted by atomic mass is 10.2. The quantitative estimate of drug-likeness (QED) is 0.853. The van der Waals surface area contributed by atoms with Gasteiger partial charge in [-0.25, -0.2) is 17.1 Å². The van der Waals surface area contributed by atoms with Gasteiger partial charge in [0.15, 0.2) is 11.6 Å². The highest BCUT2D eigenvalue weighted by Gasteiger charge is 2.19. The van der Waals surface area contributed by atoms with E-state index in [9.17, 15) is 17.6 Å². The van der Waals surface area contributed by atoms with Crippen LogP contribution in [0.5, 0.6) is 5.75 Å². The van der Waals surface area contributed by atoms with Crippen LogP contribution in [0.4, 0.5) is 10.1 Å². The van der Waals surface area contributed by atoms with Crippen LogP contribution in [0, 0.1) is 5.82 Å². The molecule has 0 unspecified atom stereocenters. The van der Waals surface area contributed by atoms with Crippen molar-refractivity contribution in [2.75, 3.05) is 26.0 Å². The molecule has 0 saturated heterocycles. The third kappa shape index (κ3) is 4.34. The SMILES string of the molecule is CCOc1ccc(NC(=O)c2cccc(S(=O)(=O)N(C)C)c2)cc1F. The fourth-order valence-electron chi connectivity index (χ4n) is 2.06. The van der Waals surface area contributed by atoms with Crippen molar-refractivity contribution in [3.8, 4) is 5.75 Å². The summed E-state index contributed by atoms with van der Waals surface area (Å²) in [6.45, 7) is 2.07. The van der Waals surface area contributed by atoms with Crippen LogP contribution in [0.3, 0.4) is 0 Å². The molecule has 2 aromatic carbocycles. The molecule has 1 amide bonds. The van der Waals surface area contributed by atoms with Crippen molar-refractivity contribution in [3.63, 3.8) is 0 Å². The number of sulfonamides is 1. The number of halogens is 1. The predicted octanol–water partition coefficient (Wildman–Crippen LogP) is 2.73. The summed E-state index contributed by atoms with van der Waals surface area (Å²) >= 11 is 0. The van der Waals surface area contributed by atoms with Crippen molar-refractivity contribution >= 4 is 21.6 Å². The summed E-state index contributed by atoms with van der Waals surface area (Å²) in [6.07, 6.45) is 0. The Bertz CT molecular complexity index is 882. The van der Waals surface area contributed by atoms with Crippen molar-refractivity contribution in [3.05, 3.63) is 53.8 Å². The van der Waals surface area contributed by atoms with E-state index in [1.54, 1.807) is 6.92 Å². The molecule has 0 aliphatic rings. The molecule has 0 fully saturated rings. The second kappa shape index (κ2) is 7.62. The maximum Gasteiger partial charge on any atom is 0.255 e. The Morgan fingerprint density at radius 1 is 1.20 bits per heavy atom. The van der Waals surface area contributed by atoms with Gasteiger partial charge in [-0.15, -0.1) is 0 Å². The van der Waals surface area contributed by atoms with E-state index in [0.717, 1.165) is 10.4 Å². The summed E-state index contributed by atoms with van der Waals surface area (Å²) in [5.74, 6) is -1.04. The first-order chi connectivity index (χ1) is 11.8. The zero-order valence-electron chi connectivity index (χ0n) is 14.1. The minimum Gasteiger partial charge on any atom is -0.491 e. The van der Waals surface area contributed by atoms with Crippen molar-refractivity contribution < 1.29 is 22.3 Å². The fourth-order valence-corrected chi connectivity index (χ4v) is 3.01. The monoisotopic (exact) mass is 366 g/mol. The van der Waals surface area contributed by atoms with E-state index in [1.807, 2.05) is 0 Å². The van der Waals surface area contributed by atoms with Gasteiger partial charge in [-0.3, -0.25) is 4.79 Å². The Labute approximate surface area is 146 Å². The van der Waals surface area contributed by atoms with E-state index >= 15 is 0 Å². The molecule has 0 bridgehead atoms.